The second kappa shape index (κ2) is 10.4. The maximum atomic E-state index is 12.2. The summed E-state index contributed by atoms with van der Waals surface area (Å²) in [5.74, 6) is 0.584. The van der Waals surface area contributed by atoms with Crippen LogP contribution in [0.15, 0.2) is 48.5 Å². The van der Waals surface area contributed by atoms with E-state index >= 15 is 0 Å². The monoisotopic (exact) mass is 506 g/mol. The van der Waals surface area contributed by atoms with Crippen LogP contribution in [-0.2, 0) is 26.9 Å². The highest BCUT2D eigenvalue weighted by Crippen LogP contribution is 2.44. The third-order valence-electron chi connectivity index (χ3n) is 6.95. The number of aromatic hydroxyl groups is 1. The lowest BCUT2D eigenvalue weighted by Gasteiger charge is -2.17. The summed E-state index contributed by atoms with van der Waals surface area (Å²) in [7, 11) is -1.51. The van der Waals surface area contributed by atoms with E-state index in [0.717, 1.165) is 29.7 Å². The first-order valence-corrected chi connectivity index (χ1v) is 13.5. The molecule has 2 heterocycles. The van der Waals surface area contributed by atoms with Gasteiger partial charge in [-0.2, -0.15) is 0 Å². The van der Waals surface area contributed by atoms with Gasteiger partial charge in [-0.1, -0.05) is 30.3 Å². The number of nitrogens with zero attached hydrogens (tertiary/aromatic N) is 1. The van der Waals surface area contributed by atoms with Gasteiger partial charge in [-0.25, -0.2) is 9.19 Å². The minimum Gasteiger partial charge on any atom is -0.508 e. The van der Waals surface area contributed by atoms with Crippen LogP contribution in [-0.4, -0.2) is 40.0 Å². The van der Waals surface area contributed by atoms with E-state index in [2.05, 4.69) is 34.0 Å². The molecule has 3 atom stereocenters. The minimum absolute atomic E-state index is 0.0897. The standard InChI is InChI=1S/C28H30N2O5S/c1-3-34-13-14-35-28-12-11-19(17(2)29-28)21-5-4-6-22-20(9-10-23(21)22)18-7-8-24(25(31)15-18)26-16-27(32)30-36(26)33/h4-8,11-12,15,20,26,31H,3,9-10,13-14,16H2,1-2H3,(H,30,32). The molecule has 2 N–H and O–H groups in total. The zero-order valence-electron chi connectivity index (χ0n) is 20.5. The Morgan fingerprint density at radius 2 is 1.97 bits per heavy atom. The summed E-state index contributed by atoms with van der Waals surface area (Å²) in [6, 6.07) is 15.9. The van der Waals surface area contributed by atoms with Crippen LogP contribution in [0.2, 0.25) is 0 Å². The fraction of sp³-hybridized carbons (Fsp3) is 0.357. The van der Waals surface area contributed by atoms with Gasteiger partial charge >= 0.3 is 0 Å². The molecule has 3 aromatic rings. The van der Waals surface area contributed by atoms with Crippen LogP contribution >= 0.6 is 0 Å². The van der Waals surface area contributed by atoms with Crippen molar-refractivity contribution in [1.82, 2.24) is 9.71 Å². The zero-order chi connectivity index (χ0) is 25.2. The van der Waals surface area contributed by atoms with Crippen LogP contribution in [0.5, 0.6) is 11.6 Å². The van der Waals surface area contributed by atoms with Crippen LogP contribution in [0.3, 0.4) is 0 Å². The van der Waals surface area contributed by atoms with Crippen LogP contribution in [0.1, 0.15) is 58.9 Å². The zero-order valence-corrected chi connectivity index (χ0v) is 21.3. The van der Waals surface area contributed by atoms with E-state index in [4.69, 9.17) is 9.47 Å². The first-order chi connectivity index (χ1) is 17.5. The molecule has 188 valence electrons. The molecule has 1 fully saturated rings. The number of carbonyl (C=O) groups excluding carboxylic acids is 1. The summed E-state index contributed by atoms with van der Waals surface area (Å²) >= 11 is 0. The lowest BCUT2D eigenvalue weighted by Crippen LogP contribution is -2.15. The summed E-state index contributed by atoms with van der Waals surface area (Å²) in [5, 5.41) is 10.2. The Balaban J connectivity index is 1.39. The van der Waals surface area contributed by atoms with Gasteiger partial charge in [0.25, 0.3) is 0 Å². The van der Waals surface area contributed by atoms with Crippen molar-refractivity contribution in [3.63, 3.8) is 0 Å². The highest BCUT2D eigenvalue weighted by atomic mass is 32.2. The average molecular weight is 507 g/mol. The van der Waals surface area contributed by atoms with Crippen molar-refractivity contribution in [2.45, 2.75) is 44.3 Å². The number of rotatable bonds is 8. The summed E-state index contributed by atoms with van der Waals surface area (Å²) in [5.41, 5.74) is 7.28. The van der Waals surface area contributed by atoms with E-state index in [0.29, 0.717) is 31.3 Å². The molecule has 0 bridgehead atoms. The molecule has 1 saturated heterocycles. The molecular formula is C28H30N2O5S. The molecule has 0 saturated carbocycles. The Labute approximate surface area is 213 Å². The number of amides is 1. The number of carbonyl (C=O) groups is 1. The summed E-state index contributed by atoms with van der Waals surface area (Å²) in [6.45, 7) is 5.63. The van der Waals surface area contributed by atoms with Crippen LogP contribution < -0.4 is 9.46 Å². The number of aromatic nitrogens is 1. The topological polar surface area (TPSA) is 97.8 Å². The predicted molar refractivity (Wildman–Crippen MR) is 138 cm³/mol. The molecule has 2 aliphatic rings. The van der Waals surface area contributed by atoms with Crippen molar-refractivity contribution >= 4 is 16.9 Å². The van der Waals surface area contributed by atoms with E-state index in [-0.39, 0.29) is 24.0 Å². The Morgan fingerprint density at radius 3 is 2.69 bits per heavy atom. The number of pyridine rings is 1. The van der Waals surface area contributed by atoms with E-state index < -0.39 is 16.2 Å². The van der Waals surface area contributed by atoms with Gasteiger partial charge in [0, 0.05) is 41.8 Å². The minimum atomic E-state index is -1.51. The first-order valence-electron chi connectivity index (χ1n) is 12.3. The number of phenolic OH excluding ortho intramolecular Hbond substituents is 1. The Kier molecular flexibility index (Phi) is 7.07. The lowest BCUT2D eigenvalue weighted by molar-refractivity contribution is -0.118. The molecule has 36 heavy (non-hydrogen) atoms. The molecule has 1 aromatic heterocycles. The van der Waals surface area contributed by atoms with Crippen LogP contribution in [0.25, 0.3) is 11.1 Å². The van der Waals surface area contributed by atoms with Gasteiger partial charge in [-0.15, -0.1) is 0 Å². The van der Waals surface area contributed by atoms with Crippen LogP contribution in [0.4, 0.5) is 0 Å². The Bertz CT molecular complexity index is 1330. The van der Waals surface area contributed by atoms with Gasteiger partial charge in [-0.05, 0) is 61.1 Å². The molecule has 0 spiro atoms. The second-order valence-electron chi connectivity index (χ2n) is 9.13. The molecule has 5 rings (SSSR count). The third kappa shape index (κ3) is 4.75. The van der Waals surface area contributed by atoms with Crippen molar-refractivity contribution in [3.8, 4) is 22.8 Å². The normalized spacial score (nSPS) is 20.8. The molecule has 0 radical (unpaired) electrons. The summed E-state index contributed by atoms with van der Waals surface area (Å²) < 4.78 is 25.7. The highest BCUT2D eigenvalue weighted by Gasteiger charge is 2.33. The lowest BCUT2D eigenvalue weighted by atomic mass is 9.89. The number of fused-ring (bicyclic) bond motifs is 1. The van der Waals surface area contributed by atoms with E-state index in [1.54, 1.807) is 6.07 Å². The van der Waals surface area contributed by atoms with Gasteiger partial charge in [0.1, 0.15) is 23.3 Å². The number of nitrogens with one attached hydrogen (secondary N) is 1. The summed E-state index contributed by atoms with van der Waals surface area (Å²) in [4.78, 5) is 16.3. The largest absolute Gasteiger partial charge is 0.508 e. The highest BCUT2D eigenvalue weighted by molar-refractivity contribution is 7.84. The smallest absolute Gasteiger partial charge is 0.233 e. The number of phenols is 1. The van der Waals surface area contributed by atoms with E-state index in [9.17, 15) is 14.1 Å². The van der Waals surface area contributed by atoms with E-state index in [1.807, 2.05) is 32.0 Å². The molecular weight excluding hydrogens is 476 g/mol. The maximum absolute atomic E-state index is 12.2. The molecule has 3 unspecified atom stereocenters. The summed E-state index contributed by atoms with van der Waals surface area (Å²) in [6.07, 6.45) is 1.99. The fourth-order valence-electron chi connectivity index (χ4n) is 5.25. The fourth-order valence-corrected chi connectivity index (χ4v) is 6.43. The van der Waals surface area contributed by atoms with Crippen molar-refractivity contribution < 1.29 is 23.6 Å². The van der Waals surface area contributed by atoms with Gasteiger partial charge in [0.05, 0.1) is 11.9 Å². The quantitative estimate of drug-likeness (QED) is 0.437. The molecule has 8 heteroatoms. The van der Waals surface area contributed by atoms with Gasteiger partial charge in [0.15, 0.2) is 0 Å². The number of ether oxygens (including phenoxy) is 2. The first kappa shape index (κ1) is 24.5. The molecule has 1 amide bonds. The second-order valence-corrected chi connectivity index (χ2v) is 10.5. The SMILES string of the molecule is CCOCCOc1ccc(-c2cccc3c2CCC3c2ccc(C3CC(=O)NS3=O)c(O)c2)c(C)n1. The van der Waals surface area contributed by atoms with Gasteiger partial charge in [0.2, 0.25) is 11.8 Å². The Hall–Kier alpha value is -3.23. The number of hydrogen-bond acceptors (Lipinski definition) is 6. The number of aryl methyl sites for hydroxylation is 1. The van der Waals surface area contributed by atoms with Crippen LogP contribution in [0, 0.1) is 6.92 Å². The van der Waals surface area contributed by atoms with Crippen molar-refractivity contribution in [2.24, 2.45) is 0 Å². The number of benzene rings is 2. The van der Waals surface area contributed by atoms with Gasteiger partial charge in [-0.3, -0.25) is 9.52 Å². The van der Waals surface area contributed by atoms with Crippen molar-refractivity contribution in [3.05, 3.63) is 76.5 Å². The predicted octanol–water partition coefficient (Wildman–Crippen LogP) is 4.48. The van der Waals surface area contributed by atoms with Gasteiger partial charge < -0.3 is 14.6 Å². The molecule has 1 aliphatic heterocycles. The number of hydrogen-bond donors (Lipinski definition) is 2. The maximum Gasteiger partial charge on any atom is 0.233 e. The molecule has 2 aromatic carbocycles. The third-order valence-corrected chi connectivity index (χ3v) is 8.32. The molecule has 7 nitrogen and oxygen atoms in total. The van der Waals surface area contributed by atoms with Crippen molar-refractivity contribution in [1.29, 1.82) is 0 Å². The van der Waals surface area contributed by atoms with Crippen molar-refractivity contribution in [2.75, 3.05) is 19.8 Å². The average Bonchev–Trinajstić information content (AvgIpc) is 3.44. The van der Waals surface area contributed by atoms with E-state index in [1.165, 1.54) is 16.7 Å². The Morgan fingerprint density at radius 1 is 1.11 bits per heavy atom. The molecule has 1 aliphatic carbocycles.